The van der Waals surface area contributed by atoms with Crippen molar-refractivity contribution in [1.29, 1.82) is 0 Å². The zero-order valence-corrected chi connectivity index (χ0v) is 20.3. The third-order valence-electron chi connectivity index (χ3n) is 7.42. The number of carbonyl (C=O) groups is 3. The molecule has 0 saturated carbocycles. The standard InChI is InChI=1S/C28H22BrNO4/c1-3-34-22-13-12-16(15(2)31)14-21(22)30-26(32)24-23-17-8-4-6-10-19(17)28(29,25(24)27(30)33)20-11-7-5-9-18(20)23/h4-14,23-25H,3H2,1-2H3/t23?,24-,25+,28?/m1/s1. The van der Waals surface area contributed by atoms with Gasteiger partial charge in [0.1, 0.15) is 5.75 Å². The van der Waals surface area contributed by atoms with Crippen LogP contribution in [0.1, 0.15) is 52.4 Å². The van der Waals surface area contributed by atoms with Crippen molar-refractivity contribution >= 4 is 39.2 Å². The Kier molecular flexibility index (Phi) is 4.62. The highest BCUT2D eigenvalue weighted by Gasteiger charge is 2.67. The number of benzene rings is 3. The van der Waals surface area contributed by atoms with Crippen LogP contribution in [0.3, 0.4) is 0 Å². The van der Waals surface area contributed by atoms with Crippen LogP contribution in [0.4, 0.5) is 5.69 Å². The lowest BCUT2D eigenvalue weighted by Gasteiger charge is -2.51. The fourth-order valence-corrected chi connectivity index (χ4v) is 7.31. The van der Waals surface area contributed by atoms with Gasteiger partial charge in [-0.25, -0.2) is 4.90 Å². The molecule has 3 aromatic rings. The first-order valence-electron chi connectivity index (χ1n) is 11.4. The van der Waals surface area contributed by atoms with E-state index in [1.165, 1.54) is 11.8 Å². The zero-order valence-electron chi connectivity index (χ0n) is 18.7. The highest BCUT2D eigenvalue weighted by atomic mass is 79.9. The van der Waals surface area contributed by atoms with Crippen LogP contribution >= 0.6 is 15.9 Å². The molecule has 5 nitrogen and oxygen atoms in total. The Balaban J connectivity index is 1.58. The van der Waals surface area contributed by atoms with Gasteiger partial charge in [0.25, 0.3) is 0 Å². The van der Waals surface area contributed by atoms with Crippen LogP contribution in [0.2, 0.25) is 0 Å². The van der Waals surface area contributed by atoms with E-state index in [0.29, 0.717) is 23.6 Å². The van der Waals surface area contributed by atoms with E-state index >= 15 is 0 Å². The molecule has 2 atom stereocenters. The molecule has 1 aliphatic heterocycles. The second kappa shape index (κ2) is 7.37. The van der Waals surface area contributed by atoms with Crippen LogP contribution in [0.15, 0.2) is 66.7 Å². The Labute approximate surface area is 205 Å². The van der Waals surface area contributed by atoms with E-state index in [2.05, 4.69) is 28.1 Å². The van der Waals surface area contributed by atoms with Crippen LogP contribution < -0.4 is 9.64 Å². The quantitative estimate of drug-likeness (QED) is 0.272. The number of carbonyl (C=O) groups excluding carboxylic acids is 3. The summed E-state index contributed by atoms with van der Waals surface area (Å²) in [7, 11) is 0. The monoisotopic (exact) mass is 515 g/mol. The first kappa shape index (κ1) is 21.3. The van der Waals surface area contributed by atoms with Gasteiger partial charge >= 0.3 is 0 Å². The number of hydrogen-bond acceptors (Lipinski definition) is 4. The number of rotatable bonds is 4. The van der Waals surface area contributed by atoms with E-state index < -0.39 is 16.2 Å². The molecule has 4 aliphatic rings. The molecule has 0 spiro atoms. The molecule has 0 aromatic heterocycles. The van der Waals surface area contributed by atoms with Gasteiger partial charge in [0.05, 0.1) is 28.5 Å². The number of hydrogen-bond donors (Lipinski definition) is 0. The fourth-order valence-electron chi connectivity index (χ4n) is 6.11. The zero-order chi connectivity index (χ0) is 23.8. The van der Waals surface area contributed by atoms with E-state index in [9.17, 15) is 14.4 Å². The van der Waals surface area contributed by atoms with Crippen molar-refractivity contribution in [3.8, 4) is 5.75 Å². The third-order valence-corrected chi connectivity index (χ3v) is 8.77. The number of imide groups is 1. The molecule has 6 heteroatoms. The van der Waals surface area contributed by atoms with E-state index in [4.69, 9.17) is 4.74 Å². The second-order valence-corrected chi connectivity index (χ2v) is 10.3. The van der Waals surface area contributed by atoms with Crippen molar-refractivity contribution in [3.63, 3.8) is 0 Å². The molecule has 7 rings (SSSR count). The summed E-state index contributed by atoms with van der Waals surface area (Å²) in [5.41, 5.74) is 4.98. The number of Topliss-reactive ketones (excluding diaryl/α,β-unsaturated/α-hetero) is 1. The van der Waals surface area contributed by atoms with Gasteiger partial charge in [-0.05, 0) is 54.3 Å². The van der Waals surface area contributed by atoms with E-state index in [0.717, 1.165) is 22.3 Å². The normalized spacial score (nSPS) is 26.2. The van der Waals surface area contributed by atoms with Crippen LogP contribution in [0, 0.1) is 11.8 Å². The largest absolute Gasteiger partial charge is 0.492 e. The minimum atomic E-state index is -0.814. The number of amides is 2. The molecule has 34 heavy (non-hydrogen) atoms. The molecule has 2 amide bonds. The van der Waals surface area contributed by atoms with Crippen LogP contribution in [0.5, 0.6) is 5.75 Å². The number of halogens is 1. The van der Waals surface area contributed by atoms with Crippen LogP contribution in [-0.4, -0.2) is 24.2 Å². The van der Waals surface area contributed by atoms with Crippen molar-refractivity contribution in [3.05, 3.63) is 94.5 Å². The first-order chi connectivity index (χ1) is 16.4. The summed E-state index contributed by atoms with van der Waals surface area (Å²) in [5.74, 6) is -1.63. The Hall–Kier alpha value is -3.25. The predicted octanol–water partition coefficient (Wildman–Crippen LogP) is 5.19. The molecule has 2 bridgehead atoms. The van der Waals surface area contributed by atoms with Crippen molar-refractivity contribution in [1.82, 2.24) is 0 Å². The number of ketones is 1. The molecule has 0 unspecified atom stereocenters. The summed E-state index contributed by atoms with van der Waals surface area (Å²) in [6, 6.07) is 21.1. The van der Waals surface area contributed by atoms with Crippen molar-refractivity contribution in [2.75, 3.05) is 11.5 Å². The molecule has 0 radical (unpaired) electrons. The van der Waals surface area contributed by atoms with Gasteiger partial charge in [-0.3, -0.25) is 14.4 Å². The molecule has 1 saturated heterocycles. The molecule has 0 N–H and O–H groups in total. The van der Waals surface area contributed by atoms with Gasteiger partial charge in [0.2, 0.25) is 11.8 Å². The van der Waals surface area contributed by atoms with Gasteiger partial charge < -0.3 is 4.74 Å². The summed E-state index contributed by atoms with van der Waals surface area (Å²) >= 11 is 4.01. The second-order valence-electron chi connectivity index (χ2n) is 9.05. The van der Waals surface area contributed by atoms with E-state index in [1.54, 1.807) is 18.2 Å². The SMILES string of the molecule is CCOc1ccc(C(C)=O)cc1N1C(=O)[C@@H]2C3c4ccccc4C(Br)(c4ccccc43)[C@@H]2C1=O. The van der Waals surface area contributed by atoms with Gasteiger partial charge in [0, 0.05) is 11.5 Å². The summed E-state index contributed by atoms with van der Waals surface area (Å²) in [6.45, 7) is 3.68. The van der Waals surface area contributed by atoms with Crippen molar-refractivity contribution < 1.29 is 19.1 Å². The maximum absolute atomic E-state index is 14.1. The van der Waals surface area contributed by atoms with Crippen molar-refractivity contribution in [2.24, 2.45) is 11.8 Å². The van der Waals surface area contributed by atoms with E-state index in [1.807, 2.05) is 43.3 Å². The summed E-state index contributed by atoms with van der Waals surface area (Å²) in [6.07, 6.45) is 0. The highest BCUT2D eigenvalue weighted by molar-refractivity contribution is 9.09. The van der Waals surface area contributed by atoms with Gasteiger partial charge in [-0.2, -0.15) is 0 Å². The van der Waals surface area contributed by atoms with Gasteiger partial charge in [0.15, 0.2) is 5.78 Å². The molecular weight excluding hydrogens is 494 g/mol. The summed E-state index contributed by atoms with van der Waals surface area (Å²) in [5, 5.41) is 0. The molecular formula is C28H22BrNO4. The maximum Gasteiger partial charge on any atom is 0.239 e. The minimum Gasteiger partial charge on any atom is -0.492 e. The van der Waals surface area contributed by atoms with Gasteiger partial charge in [-0.15, -0.1) is 0 Å². The predicted molar refractivity (Wildman–Crippen MR) is 132 cm³/mol. The van der Waals surface area contributed by atoms with E-state index in [-0.39, 0.29) is 23.5 Å². The van der Waals surface area contributed by atoms with Crippen LogP contribution in [0.25, 0.3) is 0 Å². The number of anilines is 1. The molecule has 170 valence electrons. The maximum atomic E-state index is 14.1. The molecule has 3 aliphatic carbocycles. The first-order valence-corrected chi connectivity index (χ1v) is 12.2. The van der Waals surface area contributed by atoms with Crippen molar-refractivity contribution in [2.45, 2.75) is 24.1 Å². The average Bonchev–Trinajstić information content (AvgIpc) is 3.11. The Bertz CT molecular complexity index is 1350. The summed E-state index contributed by atoms with van der Waals surface area (Å²) < 4.78 is 4.97. The highest BCUT2D eigenvalue weighted by Crippen LogP contribution is 2.66. The summed E-state index contributed by atoms with van der Waals surface area (Å²) in [4.78, 5) is 41.6. The molecule has 1 heterocycles. The topological polar surface area (TPSA) is 63.7 Å². The fraction of sp³-hybridized carbons (Fsp3) is 0.250. The Morgan fingerprint density at radius 2 is 1.59 bits per heavy atom. The number of nitrogens with zero attached hydrogens (tertiary/aromatic N) is 1. The lowest BCUT2D eigenvalue weighted by atomic mass is 9.55. The smallest absolute Gasteiger partial charge is 0.239 e. The number of ether oxygens (including phenoxy) is 1. The van der Waals surface area contributed by atoms with Gasteiger partial charge in [-0.1, -0.05) is 64.5 Å². The average molecular weight is 516 g/mol. The lowest BCUT2D eigenvalue weighted by molar-refractivity contribution is -0.122. The lowest BCUT2D eigenvalue weighted by Crippen LogP contribution is -2.50. The van der Waals surface area contributed by atoms with Crippen LogP contribution in [-0.2, 0) is 13.9 Å². The molecule has 3 aromatic carbocycles. The minimum absolute atomic E-state index is 0.141. The number of alkyl halides is 1. The third kappa shape index (κ3) is 2.57. The Morgan fingerprint density at radius 1 is 0.971 bits per heavy atom. The molecule has 1 fully saturated rings. The Morgan fingerprint density at radius 3 is 2.18 bits per heavy atom.